The van der Waals surface area contributed by atoms with E-state index in [-0.39, 0.29) is 11.8 Å². The van der Waals surface area contributed by atoms with Crippen LogP contribution in [0, 0.1) is 25.7 Å². The van der Waals surface area contributed by atoms with Crippen LogP contribution >= 0.6 is 0 Å². The van der Waals surface area contributed by atoms with E-state index in [1.54, 1.807) is 0 Å². The summed E-state index contributed by atoms with van der Waals surface area (Å²) in [6.07, 6.45) is 2.88. The summed E-state index contributed by atoms with van der Waals surface area (Å²) in [5.41, 5.74) is 9.43. The highest BCUT2D eigenvalue weighted by Crippen LogP contribution is 2.37. The Balaban J connectivity index is 1.62. The number of fused-ring (bicyclic) bond motifs is 1. The summed E-state index contributed by atoms with van der Waals surface area (Å²) in [7, 11) is 0. The highest BCUT2D eigenvalue weighted by molar-refractivity contribution is 5.77. The SMILES string of the molecule is Cc1n[nH]c(C)c1C(C)CC(=O)N1CC2CCC(N)C2C1. The van der Waals surface area contributed by atoms with Crippen molar-refractivity contribution in [2.45, 2.75) is 52.0 Å². The molecule has 3 N–H and O–H groups in total. The lowest BCUT2D eigenvalue weighted by Crippen LogP contribution is -2.34. The lowest BCUT2D eigenvalue weighted by molar-refractivity contribution is -0.130. The van der Waals surface area contributed by atoms with Gasteiger partial charge in [-0.1, -0.05) is 6.92 Å². The second-order valence-electron chi connectivity index (χ2n) is 6.92. The number of nitrogens with one attached hydrogen (secondary N) is 1. The summed E-state index contributed by atoms with van der Waals surface area (Å²) in [6.45, 7) is 7.91. The first-order valence-corrected chi connectivity index (χ1v) is 8.02. The van der Waals surface area contributed by atoms with Crippen LogP contribution in [0.4, 0.5) is 0 Å². The third-order valence-electron chi connectivity index (χ3n) is 5.42. The molecule has 3 rings (SSSR count). The van der Waals surface area contributed by atoms with Crippen LogP contribution in [0.15, 0.2) is 0 Å². The zero-order valence-corrected chi connectivity index (χ0v) is 13.2. The Kier molecular flexibility index (Phi) is 3.78. The van der Waals surface area contributed by atoms with E-state index in [0.717, 1.165) is 30.9 Å². The Morgan fingerprint density at radius 1 is 1.43 bits per heavy atom. The van der Waals surface area contributed by atoms with Crippen LogP contribution in [-0.4, -0.2) is 40.1 Å². The Labute approximate surface area is 126 Å². The van der Waals surface area contributed by atoms with Crippen LogP contribution in [0.1, 0.15) is 49.1 Å². The van der Waals surface area contributed by atoms with Crippen molar-refractivity contribution >= 4 is 5.91 Å². The highest BCUT2D eigenvalue weighted by Gasteiger charge is 2.42. The third-order valence-corrected chi connectivity index (χ3v) is 5.42. The summed E-state index contributed by atoms with van der Waals surface area (Å²) in [5.74, 6) is 1.65. The molecule has 2 aliphatic rings. The standard InChI is InChI=1S/C16H26N4O/c1-9(16-10(2)18-19-11(16)3)6-15(21)20-7-12-4-5-14(17)13(12)8-20/h9,12-14H,4-8,17H2,1-3H3,(H,18,19). The number of nitrogens with zero attached hydrogens (tertiary/aromatic N) is 2. The van der Waals surface area contributed by atoms with Gasteiger partial charge in [0.1, 0.15) is 0 Å². The number of carbonyl (C=O) groups is 1. The van der Waals surface area contributed by atoms with Gasteiger partial charge in [0.05, 0.1) is 5.69 Å². The molecule has 5 heteroatoms. The number of nitrogens with two attached hydrogens (primary N) is 1. The van der Waals surface area contributed by atoms with Crippen LogP contribution in [-0.2, 0) is 4.79 Å². The smallest absolute Gasteiger partial charge is 0.223 e. The molecule has 2 fully saturated rings. The molecule has 0 aromatic carbocycles. The van der Waals surface area contributed by atoms with Gasteiger partial charge < -0.3 is 10.6 Å². The number of likely N-dealkylation sites (tertiary alicyclic amines) is 1. The Morgan fingerprint density at radius 3 is 2.81 bits per heavy atom. The van der Waals surface area contributed by atoms with Crippen molar-refractivity contribution in [3.8, 4) is 0 Å². The maximum absolute atomic E-state index is 12.6. The summed E-state index contributed by atoms with van der Waals surface area (Å²) in [4.78, 5) is 14.6. The molecule has 1 aromatic heterocycles. The number of hydrogen-bond acceptors (Lipinski definition) is 3. The van der Waals surface area contributed by atoms with Crippen molar-refractivity contribution in [2.75, 3.05) is 13.1 Å². The van der Waals surface area contributed by atoms with E-state index in [1.807, 2.05) is 18.7 Å². The predicted octanol–water partition coefficient (Wildman–Crippen LogP) is 1.72. The Morgan fingerprint density at radius 2 is 2.19 bits per heavy atom. The van der Waals surface area contributed by atoms with Gasteiger partial charge in [0.15, 0.2) is 0 Å². The zero-order chi connectivity index (χ0) is 15.1. The number of amides is 1. The van der Waals surface area contributed by atoms with Gasteiger partial charge in [-0.15, -0.1) is 0 Å². The number of rotatable bonds is 3. The Bertz CT molecular complexity index is 519. The van der Waals surface area contributed by atoms with Gasteiger partial charge in [-0.3, -0.25) is 9.89 Å². The minimum atomic E-state index is 0.213. The fraction of sp³-hybridized carbons (Fsp3) is 0.750. The first-order chi connectivity index (χ1) is 9.97. The molecule has 0 bridgehead atoms. The van der Waals surface area contributed by atoms with Crippen molar-refractivity contribution in [2.24, 2.45) is 17.6 Å². The number of aromatic nitrogens is 2. The first-order valence-electron chi connectivity index (χ1n) is 8.02. The van der Waals surface area contributed by atoms with Crippen molar-refractivity contribution in [1.29, 1.82) is 0 Å². The largest absolute Gasteiger partial charge is 0.342 e. The van der Waals surface area contributed by atoms with E-state index in [0.29, 0.717) is 24.3 Å². The third kappa shape index (κ3) is 2.59. The lowest BCUT2D eigenvalue weighted by atomic mass is 9.95. The quantitative estimate of drug-likeness (QED) is 0.890. The molecule has 116 valence electrons. The second-order valence-corrected chi connectivity index (χ2v) is 6.92. The second kappa shape index (κ2) is 5.44. The molecular weight excluding hydrogens is 264 g/mol. The molecule has 2 heterocycles. The predicted molar refractivity (Wildman–Crippen MR) is 81.9 cm³/mol. The van der Waals surface area contributed by atoms with Gasteiger partial charge in [0.2, 0.25) is 5.91 Å². The molecule has 1 aliphatic carbocycles. The van der Waals surface area contributed by atoms with Crippen molar-refractivity contribution < 1.29 is 4.79 Å². The van der Waals surface area contributed by atoms with Gasteiger partial charge in [-0.2, -0.15) is 5.10 Å². The lowest BCUT2D eigenvalue weighted by Gasteiger charge is -2.21. The molecule has 1 aromatic rings. The number of aromatic amines is 1. The molecule has 4 atom stereocenters. The van der Waals surface area contributed by atoms with E-state index in [4.69, 9.17) is 5.73 Å². The molecule has 1 saturated heterocycles. The van der Waals surface area contributed by atoms with Gasteiger partial charge in [-0.25, -0.2) is 0 Å². The van der Waals surface area contributed by atoms with Crippen LogP contribution < -0.4 is 5.73 Å². The number of hydrogen-bond donors (Lipinski definition) is 2. The maximum atomic E-state index is 12.6. The molecule has 1 saturated carbocycles. The molecule has 1 aliphatic heterocycles. The van der Waals surface area contributed by atoms with Gasteiger partial charge in [0.25, 0.3) is 0 Å². The summed E-state index contributed by atoms with van der Waals surface area (Å²) >= 11 is 0. The topological polar surface area (TPSA) is 75.0 Å². The average molecular weight is 290 g/mol. The van der Waals surface area contributed by atoms with Gasteiger partial charge >= 0.3 is 0 Å². The van der Waals surface area contributed by atoms with Crippen molar-refractivity contribution in [3.63, 3.8) is 0 Å². The normalized spacial score (nSPS) is 29.7. The fourth-order valence-electron chi connectivity index (χ4n) is 4.29. The first kappa shape index (κ1) is 14.6. The van der Waals surface area contributed by atoms with Crippen LogP contribution in [0.25, 0.3) is 0 Å². The molecular formula is C16H26N4O. The number of H-pyrrole nitrogens is 1. The minimum absolute atomic E-state index is 0.213. The molecule has 5 nitrogen and oxygen atoms in total. The maximum Gasteiger partial charge on any atom is 0.223 e. The summed E-state index contributed by atoms with van der Waals surface area (Å²) in [5, 5.41) is 7.24. The number of aryl methyl sites for hydroxylation is 2. The van der Waals surface area contributed by atoms with Gasteiger partial charge in [-0.05, 0) is 50.0 Å². The Hall–Kier alpha value is -1.36. The monoisotopic (exact) mass is 290 g/mol. The van der Waals surface area contributed by atoms with E-state index in [1.165, 1.54) is 12.0 Å². The van der Waals surface area contributed by atoms with Crippen LogP contribution in [0.3, 0.4) is 0 Å². The van der Waals surface area contributed by atoms with E-state index in [2.05, 4.69) is 17.1 Å². The van der Waals surface area contributed by atoms with Crippen molar-refractivity contribution in [1.82, 2.24) is 15.1 Å². The minimum Gasteiger partial charge on any atom is -0.342 e. The summed E-state index contributed by atoms with van der Waals surface area (Å²) < 4.78 is 0. The zero-order valence-electron chi connectivity index (χ0n) is 13.2. The van der Waals surface area contributed by atoms with E-state index in [9.17, 15) is 4.79 Å². The molecule has 1 amide bonds. The van der Waals surface area contributed by atoms with E-state index >= 15 is 0 Å². The molecule has 0 spiro atoms. The van der Waals surface area contributed by atoms with Crippen LogP contribution in [0.2, 0.25) is 0 Å². The highest BCUT2D eigenvalue weighted by atomic mass is 16.2. The summed E-state index contributed by atoms with van der Waals surface area (Å²) in [6, 6.07) is 0.295. The molecule has 0 radical (unpaired) electrons. The fourth-order valence-corrected chi connectivity index (χ4v) is 4.29. The van der Waals surface area contributed by atoms with Crippen molar-refractivity contribution in [3.05, 3.63) is 17.0 Å². The number of carbonyl (C=O) groups excluding carboxylic acids is 1. The molecule has 4 unspecified atom stereocenters. The van der Waals surface area contributed by atoms with Gasteiger partial charge in [0, 0.05) is 31.2 Å². The average Bonchev–Trinajstić information content (AvgIpc) is 3.07. The van der Waals surface area contributed by atoms with Crippen LogP contribution in [0.5, 0.6) is 0 Å². The van der Waals surface area contributed by atoms with E-state index < -0.39 is 0 Å². The molecule has 21 heavy (non-hydrogen) atoms.